The maximum absolute atomic E-state index is 13.2. The first-order valence-electron chi connectivity index (χ1n) is 41.2. The molecule has 4 amide bonds. The average molecular weight is 1860 g/mol. The Morgan fingerprint density at radius 2 is 0.641 bits per heavy atom. The van der Waals surface area contributed by atoms with Crippen LogP contribution in [0.4, 0.5) is 46.0 Å². The van der Waals surface area contributed by atoms with Crippen molar-refractivity contribution in [3.8, 4) is 0 Å². The van der Waals surface area contributed by atoms with E-state index in [9.17, 15) is 70.9 Å². The molecule has 4 aromatic heterocycles. The second-order valence-electron chi connectivity index (χ2n) is 31.4. The molecular weight excluding hydrogens is 1770 g/mol. The van der Waals surface area contributed by atoms with Crippen LogP contribution in [0.1, 0.15) is 187 Å². The molecule has 0 saturated heterocycles. The van der Waals surface area contributed by atoms with Gasteiger partial charge in [-0.2, -0.15) is 0 Å². The number of nitrogen functional groups attached to an aromatic ring is 1. The van der Waals surface area contributed by atoms with Crippen LogP contribution in [-0.2, 0) is 66.7 Å². The van der Waals surface area contributed by atoms with Crippen LogP contribution in [0.2, 0.25) is 20.1 Å². The summed E-state index contributed by atoms with van der Waals surface area (Å²) in [4.78, 5) is 131. The van der Waals surface area contributed by atoms with E-state index < -0.39 is 33.5 Å². The molecule has 4 aliphatic rings. The molecule has 663 valence electrons. The number of carbonyl (C=O) groups excluding carboxylic acids is 8. The second kappa shape index (κ2) is 45.9. The molecule has 8 N–H and O–H groups in total. The summed E-state index contributed by atoms with van der Waals surface area (Å²) in [5.41, 5.74) is 11.8. The Balaban J connectivity index is 0.000000191. The third-order valence-electron chi connectivity index (χ3n) is 23.2. The van der Waals surface area contributed by atoms with E-state index in [1.54, 1.807) is 182 Å². The number of aliphatic hydroxyl groups is 1. The number of nitrogens with one attached hydrogen (secondary N) is 4. The van der Waals surface area contributed by atoms with Gasteiger partial charge < -0.3 is 38.6 Å². The zero-order valence-electron chi connectivity index (χ0n) is 72.1. The van der Waals surface area contributed by atoms with Crippen LogP contribution in [0.25, 0.3) is 12.2 Å². The Labute approximate surface area is 799 Å². The van der Waals surface area contributed by atoms with Gasteiger partial charge >= 0.3 is 35.5 Å². The molecule has 0 unspecified atom stereocenters. The van der Waals surface area contributed by atoms with Crippen molar-refractivity contribution in [1.82, 2.24) is 19.9 Å². The first-order chi connectivity index (χ1) is 62.0. The summed E-state index contributed by atoms with van der Waals surface area (Å²) >= 11 is 23.8. The standard InChI is InChI=1S/C26H22ClFN2O2.C25H22ClFN2O3.C25H20ClFN2O3.C19H17ClN2O3.C6H6FN.B.Na.H/c1-2-21-22(30-25(32)18-5-3-6-19(27)16-18)11-12-23(29-21)26(13-4-14-26)24(31)15-17-7-9-20(28)10-8-17;2*26-18-4-1-3-17(14-18)24(32)29-20-9-10-22(28-21(20)15-30)25(11-2-12-25)23(31)13-16-5-7-19(27)8-6-16;1-2-14-15(22-17(23)12-5-3-6-13(20)11-12)7-8-16(21-14)19(18(24)25)9-4-10-19;7-5-1-3-6(8)4-2-5;;;/h2-3,5-12,16H,1,4,13-15H2,(H,30,32);1,3-10,14,30H,2,11-13,15H2,(H,29,32);1,3-10,14-15H,2,11-13H2,(H,29,32);2-3,5-8,11H,1,4,9-10H2,(H,22,23)(H,24,25);1-4H,8H2;;;/q;;;;;;+1;-1. The van der Waals surface area contributed by atoms with E-state index in [4.69, 9.17) is 52.1 Å². The van der Waals surface area contributed by atoms with Crippen LogP contribution in [0.3, 0.4) is 0 Å². The first kappa shape index (κ1) is 101. The fourth-order valence-corrected chi connectivity index (χ4v) is 16.1. The molecule has 0 atom stereocenters. The molecule has 8 aromatic carbocycles. The Kier molecular flexibility index (Phi) is 35.3. The molecule has 4 heterocycles. The summed E-state index contributed by atoms with van der Waals surface area (Å²) in [6.45, 7) is 7.15. The van der Waals surface area contributed by atoms with Gasteiger partial charge in [-0.05, 0) is 262 Å². The van der Waals surface area contributed by atoms with Crippen LogP contribution in [0.15, 0.2) is 256 Å². The van der Waals surface area contributed by atoms with Crippen LogP contribution in [0, 0.1) is 23.3 Å². The molecule has 4 fully saturated rings. The van der Waals surface area contributed by atoms with E-state index in [-0.39, 0.29) is 135 Å². The Bertz CT molecular complexity index is 6030. The number of nitrogens with zero attached hydrogens (tertiary/aromatic N) is 4. The number of hydrogen-bond acceptors (Lipinski definition) is 15. The maximum atomic E-state index is 13.2. The number of aliphatic hydroxyl groups excluding tert-OH is 1. The predicted octanol–water partition coefficient (Wildman–Crippen LogP) is 18.3. The smallest absolute Gasteiger partial charge is 1.00 e. The molecule has 0 aliphatic heterocycles. The van der Waals surface area contributed by atoms with E-state index in [2.05, 4.69) is 54.4 Å². The quantitative estimate of drug-likeness (QED) is 0.0115. The van der Waals surface area contributed by atoms with Gasteiger partial charge in [-0.15, -0.1) is 0 Å². The van der Waals surface area contributed by atoms with Crippen molar-refractivity contribution in [3.63, 3.8) is 0 Å². The fourth-order valence-electron chi connectivity index (χ4n) is 15.3. The third-order valence-corrected chi connectivity index (χ3v) is 24.2. The number of aromatic nitrogens is 4. The number of Topliss-reactive ketones (excluding diaryl/α,β-unsaturated/α-hetero) is 3. The number of carboxylic acids is 1. The number of carboxylic acid groups (broad SMARTS) is 1. The molecule has 131 heavy (non-hydrogen) atoms. The summed E-state index contributed by atoms with van der Waals surface area (Å²) in [7, 11) is 0. The molecule has 4 saturated carbocycles. The molecule has 20 nitrogen and oxygen atoms in total. The summed E-state index contributed by atoms with van der Waals surface area (Å²) in [6.07, 6.45) is 12.9. The van der Waals surface area contributed by atoms with E-state index in [1.807, 2.05) is 0 Å². The molecule has 0 bridgehead atoms. The molecule has 16 rings (SSSR count). The van der Waals surface area contributed by atoms with E-state index in [1.165, 1.54) is 72.8 Å². The number of anilines is 5. The molecule has 30 heteroatoms. The first-order valence-corrected chi connectivity index (χ1v) is 42.7. The number of halogens is 8. The molecule has 4 aliphatic carbocycles. The summed E-state index contributed by atoms with van der Waals surface area (Å²) < 4.78 is 51.6. The van der Waals surface area contributed by atoms with Crippen molar-refractivity contribution < 1.29 is 102 Å². The van der Waals surface area contributed by atoms with Gasteiger partial charge in [-0.3, -0.25) is 58.1 Å². The zero-order valence-corrected chi connectivity index (χ0v) is 76.1. The van der Waals surface area contributed by atoms with Crippen LogP contribution in [-0.4, -0.2) is 91.8 Å². The van der Waals surface area contributed by atoms with Crippen LogP contribution < -0.4 is 56.6 Å². The number of hydrogen-bond donors (Lipinski definition) is 7. The topological polar surface area (TPSA) is 320 Å². The summed E-state index contributed by atoms with van der Waals surface area (Å²) in [5, 5.41) is 32.3. The number of ketones is 3. The van der Waals surface area contributed by atoms with Crippen LogP contribution >= 0.6 is 46.4 Å². The van der Waals surface area contributed by atoms with Gasteiger partial charge in [0, 0.05) is 75.7 Å². The summed E-state index contributed by atoms with van der Waals surface area (Å²) in [6, 6.07) is 63.3. The maximum Gasteiger partial charge on any atom is 1.00 e. The summed E-state index contributed by atoms with van der Waals surface area (Å²) in [5.74, 6) is -3.50. The third kappa shape index (κ3) is 24.8. The molecule has 12 aromatic rings. The van der Waals surface area contributed by atoms with Gasteiger partial charge in [-0.1, -0.05) is 146 Å². The van der Waals surface area contributed by atoms with E-state index >= 15 is 0 Å². The molecule has 3 radical (unpaired) electrons. The minimum atomic E-state index is -0.923. The number of benzene rings is 8. The van der Waals surface area contributed by atoms with Gasteiger partial charge in [0.1, 0.15) is 51.7 Å². The van der Waals surface area contributed by atoms with Crippen molar-refractivity contribution in [2.45, 2.75) is 125 Å². The fraction of sp³-hybridized carbons (Fsp3) is 0.198. The number of rotatable bonds is 26. The largest absolute Gasteiger partial charge is 1.00 e. The van der Waals surface area contributed by atoms with E-state index in [0.29, 0.717) is 163 Å². The Hall–Kier alpha value is -12.4. The van der Waals surface area contributed by atoms with Gasteiger partial charge in [0.05, 0.1) is 85.5 Å². The van der Waals surface area contributed by atoms with Crippen molar-refractivity contribution in [1.29, 1.82) is 0 Å². The van der Waals surface area contributed by atoms with Crippen LogP contribution in [0.5, 0.6) is 0 Å². The number of carbonyl (C=O) groups is 9. The SMILES string of the molecule is C=Cc1nc(C2(C(=O)Cc3ccc(F)cc3)CCC2)ccc1NC(=O)c1cccc(Cl)c1.C=Cc1nc(C2(C(=O)O)CCC2)ccc1NC(=O)c1cccc(Cl)c1.Nc1ccc(F)cc1.O=C(Nc1ccc(C2(C(=O)Cc3ccc(F)cc3)CCC2)nc1CO)c1cccc(Cl)c1.O=Cc1nc(C2(C(=O)Cc3ccc(F)cc3)CCC2)ccc1NC(=O)c1cccc(Cl)c1.[B].[H-].[Na+]. The van der Waals surface area contributed by atoms with Crippen molar-refractivity contribution in [2.24, 2.45) is 0 Å². The average Bonchev–Trinajstić information content (AvgIpc) is 0.766. The van der Waals surface area contributed by atoms with Crippen molar-refractivity contribution in [3.05, 3.63) is 384 Å². The molecule has 0 spiro atoms. The zero-order chi connectivity index (χ0) is 92.2. The number of amides is 4. The Morgan fingerprint density at radius 3 is 0.893 bits per heavy atom. The minimum absolute atomic E-state index is 0. The van der Waals surface area contributed by atoms with Gasteiger partial charge in [0.25, 0.3) is 23.6 Å². The number of aliphatic carboxylic acids is 1. The van der Waals surface area contributed by atoms with Gasteiger partial charge in [-0.25, -0.2) is 22.5 Å². The van der Waals surface area contributed by atoms with E-state index in [0.717, 1.165) is 42.4 Å². The number of pyridine rings is 4. The monoisotopic (exact) mass is 1850 g/mol. The van der Waals surface area contributed by atoms with Crippen molar-refractivity contribution in [2.75, 3.05) is 27.0 Å². The number of nitrogens with two attached hydrogens (primary N) is 1. The Morgan fingerprint density at radius 1 is 0.382 bits per heavy atom. The minimum Gasteiger partial charge on any atom is -1.00 e. The normalized spacial score (nSPS) is 14.0. The predicted molar refractivity (Wildman–Crippen MR) is 499 cm³/mol. The molecular formula is C101H88BCl4F4N9NaO11. The second-order valence-corrected chi connectivity index (χ2v) is 33.1. The van der Waals surface area contributed by atoms with Gasteiger partial charge in [0.2, 0.25) is 0 Å². The van der Waals surface area contributed by atoms with Crippen molar-refractivity contribution >= 4 is 149 Å². The van der Waals surface area contributed by atoms with Gasteiger partial charge in [0.15, 0.2) is 6.29 Å². The number of aldehydes is 1.